The van der Waals surface area contributed by atoms with E-state index < -0.39 is 0 Å². The van der Waals surface area contributed by atoms with Gasteiger partial charge in [0.15, 0.2) is 6.19 Å². The van der Waals surface area contributed by atoms with Gasteiger partial charge in [-0.3, -0.25) is 10.3 Å². The van der Waals surface area contributed by atoms with Crippen molar-refractivity contribution in [1.29, 1.82) is 5.26 Å². The van der Waals surface area contributed by atoms with Crippen LogP contribution in [0.3, 0.4) is 0 Å². The molecule has 0 saturated heterocycles. The first kappa shape index (κ1) is 18.2. The van der Waals surface area contributed by atoms with Gasteiger partial charge in [-0.1, -0.05) is 12.1 Å². The highest BCUT2D eigenvalue weighted by atomic mass is 32.2. The topological polar surface area (TPSA) is 76.6 Å². The van der Waals surface area contributed by atoms with Crippen molar-refractivity contribution in [3.63, 3.8) is 0 Å². The van der Waals surface area contributed by atoms with Gasteiger partial charge in [0.05, 0.1) is 5.75 Å². The average Bonchev–Trinajstić information content (AvgIpc) is 2.95. The Morgan fingerprint density at radius 1 is 1.38 bits per heavy atom. The number of benzene rings is 1. The molecule has 0 atom stereocenters. The highest BCUT2D eigenvalue weighted by Gasteiger charge is 2.06. The van der Waals surface area contributed by atoms with E-state index in [0.717, 1.165) is 41.3 Å². The van der Waals surface area contributed by atoms with E-state index >= 15 is 0 Å². The molecule has 0 unspecified atom stereocenters. The summed E-state index contributed by atoms with van der Waals surface area (Å²) in [5.41, 5.74) is 2.20. The number of nitriles is 1. The molecule has 0 bridgehead atoms. The fraction of sp³-hybridized carbons (Fsp3) is 0.412. The van der Waals surface area contributed by atoms with E-state index in [-0.39, 0.29) is 0 Å². The lowest BCUT2D eigenvalue weighted by atomic mass is 10.1. The van der Waals surface area contributed by atoms with Crippen LogP contribution in [0.2, 0.25) is 0 Å². The highest BCUT2D eigenvalue weighted by Crippen LogP contribution is 2.24. The van der Waals surface area contributed by atoms with Crippen LogP contribution in [0, 0.1) is 11.5 Å². The Kier molecular flexibility index (Phi) is 6.97. The zero-order valence-electron chi connectivity index (χ0n) is 14.3. The molecule has 0 saturated carbocycles. The van der Waals surface area contributed by atoms with E-state index in [2.05, 4.69) is 58.9 Å². The monoisotopic (exact) mass is 345 g/mol. The molecule has 0 fully saturated rings. The molecule has 0 amide bonds. The molecule has 1 heterocycles. The van der Waals surface area contributed by atoms with E-state index in [0.29, 0.717) is 5.96 Å². The van der Waals surface area contributed by atoms with E-state index in [9.17, 15) is 0 Å². The molecular formula is C17H23N5OS. The van der Waals surface area contributed by atoms with Gasteiger partial charge in [0, 0.05) is 31.3 Å². The predicted molar refractivity (Wildman–Crippen MR) is 99.9 cm³/mol. The second-order valence-electron chi connectivity index (χ2n) is 5.61. The van der Waals surface area contributed by atoms with Crippen LogP contribution in [0.5, 0.6) is 0 Å². The van der Waals surface area contributed by atoms with Gasteiger partial charge in [0.2, 0.25) is 5.96 Å². The Morgan fingerprint density at radius 2 is 2.21 bits per heavy atom. The molecule has 7 heteroatoms. The fourth-order valence-electron chi connectivity index (χ4n) is 2.31. The molecule has 1 aromatic heterocycles. The van der Waals surface area contributed by atoms with Crippen LogP contribution >= 0.6 is 11.8 Å². The summed E-state index contributed by atoms with van der Waals surface area (Å²) in [4.78, 5) is 6.07. The van der Waals surface area contributed by atoms with Crippen molar-refractivity contribution in [3.05, 3.63) is 35.6 Å². The van der Waals surface area contributed by atoms with Gasteiger partial charge in [-0.05, 0) is 31.8 Å². The summed E-state index contributed by atoms with van der Waals surface area (Å²) in [6.45, 7) is 1.64. The minimum absolute atomic E-state index is 0.496. The van der Waals surface area contributed by atoms with Crippen LogP contribution in [0.1, 0.15) is 11.3 Å². The van der Waals surface area contributed by atoms with Gasteiger partial charge in [0.25, 0.3) is 0 Å². The first-order valence-corrected chi connectivity index (χ1v) is 8.87. The van der Waals surface area contributed by atoms with Gasteiger partial charge in [0.1, 0.15) is 11.3 Å². The van der Waals surface area contributed by atoms with E-state index in [4.69, 9.17) is 9.68 Å². The van der Waals surface area contributed by atoms with Gasteiger partial charge < -0.3 is 14.6 Å². The molecule has 24 heavy (non-hydrogen) atoms. The molecule has 2 rings (SSSR count). The standard InChI is InChI=1S/C17H23N5OS/c1-19-17(21-12-18)20-6-7-24-11-15-9-14-5-4-13(10-22(2)3)8-16(14)23-15/h4-5,8-9H,6-7,10-11H2,1-3H3,(H2,19,20,21). The van der Waals surface area contributed by atoms with Crippen LogP contribution in [-0.4, -0.2) is 44.3 Å². The van der Waals surface area contributed by atoms with Crippen molar-refractivity contribution in [2.45, 2.75) is 12.3 Å². The number of hydrogen-bond acceptors (Lipinski definition) is 5. The van der Waals surface area contributed by atoms with Crippen LogP contribution in [-0.2, 0) is 12.3 Å². The zero-order chi connectivity index (χ0) is 17.4. The zero-order valence-corrected chi connectivity index (χ0v) is 15.1. The number of nitrogens with one attached hydrogen (secondary N) is 2. The Morgan fingerprint density at radius 3 is 2.92 bits per heavy atom. The van der Waals surface area contributed by atoms with Crippen LogP contribution < -0.4 is 10.6 Å². The third-order valence-electron chi connectivity index (χ3n) is 3.32. The van der Waals surface area contributed by atoms with Crippen molar-refractivity contribution < 1.29 is 4.42 Å². The number of thioether (sulfide) groups is 1. The second kappa shape index (κ2) is 9.21. The van der Waals surface area contributed by atoms with Gasteiger partial charge in [-0.2, -0.15) is 17.0 Å². The molecule has 128 valence electrons. The molecule has 2 N–H and O–H groups in total. The molecule has 2 aromatic rings. The maximum Gasteiger partial charge on any atom is 0.204 e. The van der Waals surface area contributed by atoms with Crippen molar-refractivity contribution >= 4 is 28.7 Å². The molecule has 0 aliphatic carbocycles. The number of fused-ring (bicyclic) bond motifs is 1. The van der Waals surface area contributed by atoms with Crippen molar-refractivity contribution in [2.24, 2.45) is 4.99 Å². The number of rotatable bonds is 7. The van der Waals surface area contributed by atoms with Crippen LogP contribution in [0.4, 0.5) is 0 Å². The maximum absolute atomic E-state index is 8.55. The average molecular weight is 345 g/mol. The van der Waals surface area contributed by atoms with Crippen LogP contribution in [0.15, 0.2) is 33.7 Å². The third-order valence-corrected chi connectivity index (χ3v) is 4.30. The Hall–Kier alpha value is -2.17. The first-order valence-electron chi connectivity index (χ1n) is 7.72. The summed E-state index contributed by atoms with van der Waals surface area (Å²) < 4.78 is 5.94. The molecular weight excluding hydrogens is 322 g/mol. The summed E-state index contributed by atoms with van der Waals surface area (Å²) in [6, 6.07) is 8.48. The smallest absolute Gasteiger partial charge is 0.204 e. The van der Waals surface area contributed by atoms with E-state index in [1.807, 2.05) is 6.19 Å². The summed E-state index contributed by atoms with van der Waals surface area (Å²) in [6.07, 6.45) is 1.85. The summed E-state index contributed by atoms with van der Waals surface area (Å²) in [5.74, 6) is 3.20. The van der Waals surface area contributed by atoms with E-state index in [1.54, 1.807) is 18.8 Å². The Labute approximate surface area is 146 Å². The SMILES string of the molecule is C/N=C(\NC#N)NCCSCc1cc2ccc(CN(C)C)cc2o1. The minimum atomic E-state index is 0.496. The predicted octanol–water partition coefficient (Wildman–Crippen LogP) is 2.37. The lowest BCUT2D eigenvalue weighted by molar-refractivity contribution is 0.402. The largest absolute Gasteiger partial charge is 0.460 e. The quantitative estimate of drug-likeness (QED) is 0.264. The number of nitrogens with zero attached hydrogens (tertiary/aromatic N) is 3. The number of hydrogen-bond donors (Lipinski definition) is 2. The fourth-order valence-corrected chi connectivity index (χ4v) is 3.05. The first-order chi connectivity index (χ1) is 11.6. The summed E-state index contributed by atoms with van der Waals surface area (Å²) >= 11 is 1.78. The molecule has 0 spiro atoms. The Bertz CT molecular complexity index is 732. The maximum atomic E-state index is 8.55. The van der Waals surface area contributed by atoms with Crippen LogP contribution in [0.25, 0.3) is 11.0 Å². The highest BCUT2D eigenvalue weighted by molar-refractivity contribution is 7.98. The molecule has 0 radical (unpaired) electrons. The lowest BCUT2D eigenvalue weighted by Crippen LogP contribution is -2.35. The third kappa shape index (κ3) is 5.48. The molecule has 0 aliphatic rings. The summed E-state index contributed by atoms with van der Waals surface area (Å²) in [5, 5.41) is 15.3. The normalized spacial score (nSPS) is 11.7. The Balaban J connectivity index is 1.82. The number of furan rings is 1. The molecule has 1 aromatic carbocycles. The minimum Gasteiger partial charge on any atom is -0.460 e. The van der Waals surface area contributed by atoms with E-state index in [1.165, 1.54) is 5.56 Å². The number of guanidine groups is 1. The van der Waals surface area contributed by atoms with Gasteiger partial charge in [-0.15, -0.1) is 0 Å². The molecule has 0 aliphatic heterocycles. The number of aliphatic imine (C=N–C) groups is 1. The molecule has 6 nitrogen and oxygen atoms in total. The van der Waals surface area contributed by atoms with Crippen molar-refractivity contribution in [1.82, 2.24) is 15.5 Å². The lowest BCUT2D eigenvalue weighted by Gasteiger charge is -2.08. The van der Waals surface area contributed by atoms with Crippen molar-refractivity contribution in [3.8, 4) is 6.19 Å². The second-order valence-corrected chi connectivity index (χ2v) is 6.72. The van der Waals surface area contributed by atoms with Crippen molar-refractivity contribution in [2.75, 3.05) is 33.4 Å². The summed E-state index contributed by atoms with van der Waals surface area (Å²) in [7, 11) is 5.76. The van der Waals surface area contributed by atoms with Gasteiger partial charge in [-0.25, -0.2) is 0 Å². The van der Waals surface area contributed by atoms with Gasteiger partial charge >= 0.3 is 0 Å².